The van der Waals surface area contributed by atoms with Gasteiger partial charge in [-0.2, -0.15) is 0 Å². The molecule has 0 atom stereocenters. The highest BCUT2D eigenvalue weighted by Gasteiger charge is 2.35. The van der Waals surface area contributed by atoms with E-state index in [9.17, 15) is 22.0 Å². The van der Waals surface area contributed by atoms with E-state index in [0.717, 1.165) is 6.07 Å². The Morgan fingerprint density at radius 2 is 1.95 bits per heavy atom. The third-order valence-corrected chi connectivity index (χ3v) is 4.84. The van der Waals surface area contributed by atoms with Gasteiger partial charge in [-0.1, -0.05) is 13.8 Å². The van der Waals surface area contributed by atoms with Crippen molar-refractivity contribution in [2.24, 2.45) is 5.41 Å². The fourth-order valence-electron chi connectivity index (χ4n) is 2.36. The third-order valence-electron chi connectivity index (χ3n) is 3.50. The summed E-state index contributed by atoms with van der Waals surface area (Å²) in [6.07, 6.45) is 0.704. The Kier molecular flexibility index (Phi) is 4.01. The van der Waals surface area contributed by atoms with Crippen LogP contribution in [0.4, 0.5) is 8.78 Å². The molecular formula is C13H14ClF2NO3S. The molecule has 1 fully saturated rings. The van der Waals surface area contributed by atoms with Crippen LogP contribution in [0.1, 0.15) is 30.6 Å². The van der Waals surface area contributed by atoms with Gasteiger partial charge in [-0.15, -0.1) is 0 Å². The van der Waals surface area contributed by atoms with Crippen LogP contribution in [0.15, 0.2) is 17.0 Å². The van der Waals surface area contributed by atoms with Crippen LogP contribution in [0.2, 0.25) is 0 Å². The Bertz CT molecular complexity index is 704. The molecule has 1 amide bonds. The molecule has 0 N–H and O–H groups in total. The number of likely N-dealkylation sites (tertiary alicyclic amines) is 1. The predicted octanol–water partition coefficient (Wildman–Crippen LogP) is 2.76. The number of carbonyl (C=O) groups is 1. The first-order chi connectivity index (χ1) is 9.53. The molecule has 116 valence electrons. The molecule has 1 aliphatic rings. The number of nitrogens with zero attached hydrogens (tertiary/aromatic N) is 1. The van der Waals surface area contributed by atoms with Gasteiger partial charge in [0.1, 0.15) is 16.3 Å². The lowest BCUT2D eigenvalue weighted by Gasteiger charge is -2.20. The number of carbonyl (C=O) groups excluding carboxylic acids is 1. The number of hydrogen-bond acceptors (Lipinski definition) is 3. The zero-order valence-electron chi connectivity index (χ0n) is 11.5. The van der Waals surface area contributed by atoms with E-state index < -0.39 is 37.1 Å². The largest absolute Gasteiger partial charge is 0.338 e. The maximum Gasteiger partial charge on any atom is 0.264 e. The SMILES string of the molecule is CC1(C)CCN(C(=O)c2c(F)ccc(S(=O)(=O)Cl)c2F)C1. The van der Waals surface area contributed by atoms with Gasteiger partial charge in [0.15, 0.2) is 5.82 Å². The van der Waals surface area contributed by atoms with E-state index >= 15 is 0 Å². The van der Waals surface area contributed by atoms with Gasteiger partial charge in [0.05, 0.1) is 0 Å². The molecule has 0 aliphatic carbocycles. The van der Waals surface area contributed by atoms with Crippen molar-refractivity contribution in [3.63, 3.8) is 0 Å². The Morgan fingerprint density at radius 3 is 2.43 bits per heavy atom. The number of benzene rings is 1. The lowest BCUT2D eigenvalue weighted by atomic mass is 9.93. The van der Waals surface area contributed by atoms with E-state index in [1.807, 2.05) is 13.8 Å². The van der Waals surface area contributed by atoms with Crippen LogP contribution >= 0.6 is 10.7 Å². The first-order valence-electron chi connectivity index (χ1n) is 6.25. The molecule has 4 nitrogen and oxygen atoms in total. The van der Waals surface area contributed by atoms with E-state index in [0.29, 0.717) is 25.6 Å². The summed E-state index contributed by atoms with van der Waals surface area (Å²) in [7, 11) is 0.690. The van der Waals surface area contributed by atoms with Crippen molar-refractivity contribution < 1.29 is 22.0 Å². The smallest absolute Gasteiger partial charge is 0.264 e. The van der Waals surface area contributed by atoms with Crippen molar-refractivity contribution in [2.75, 3.05) is 13.1 Å². The summed E-state index contributed by atoms with van der Waals surface area (Å²) in [5.74, 6) is -3.41. The molecule has 0 spiro atoms. The molecule has 21 heavy (non-hydrogen) atoms. The second-order valence-electron chi connectivity index (χ2n) is 5.81. The lowest BCUT2D eigenvalue weighted by molar-refractivity contribution is 0.0768. The lowest BCUT2D eigenvalue weighted by Crippen LogP contribution is -2.32. The molecule has 2 rings (SSSR count). The summed E-state index contributed by atoms with van der Waals surface area (Å²) in [4.78, 5) is 12.7. The molecule has 1 aliphatic heterocycles. The number of halogens is 3. The Labute approximate surface area is 126 Å². The van der Waals surface area contributed by atoms with Gasteiger partial charge in [0.2, 0.25) is 0 Å². The quantitative estimate of drug-likeness (QED) is 0.780. The average Bonchev–Trinajstić information content (AvgIpc) is 2.67. The molecule has 1 heterocycles. The topological polar surface area (TPSA) is 54.5 Å². The second kappa shape index (κ2) is 5.21. The molecule has 0 radical (unpaired) electrons. The molecule has 0 saturated carbocycles. The Hall–Kier alpha value is -1.21. The molecule has 0 aromatic heterocycles. The van der Waals surface area contributed by atoms with Crippen LogP contribution in [0.5, 0.6) is 0 Å². The van der Waals surface area contributed by atoms with Crippen LogP contribution in [0.25, 0.3) is 0 Å². The van der Waals surface area contributed by atoms with E-state index in [-0.39, 0.29) is 5.41 Å². The van der Waals surface area contributed by atoms with E-state index in [1.54, 1.807) is 0 Å². The van der Waals surface area contributed by atoms with Crippen LogP contribution in [-0.2, 0) is 9.05 Å². The Morgan fingerprint density at radius 1 is 1.33 bits per heavy atom. The number of rotatable bonds is 2. The molecule has 8 heteroatoms. The fourth-order valence-corrected chi connectivity index (χ4v) is 3.27. The first-order valence-corrected chi connectivity index (χ1v) is 8.56. The van der Waals surface area contributed by atoms with Gasteiger partial charge < -0.3 is 4.90 Å². The maximum absolute atomic E-state index is 14.2. The zero-order chi connectivity index (χ0) is 16.0. The summed E-state index contributed by atoms with van der Waals surface area (Å²) < 4.78 is 50.4. The van der Waals surface area contributed by atoms with Crippen molar-refractivity contribution in [1.29, 1.82) is 0 Å². The summed E-state index contributed by atoms with van der Waals surface area (Å²) in [5, 5.41) is 0. The summed E-state index contributed by atoms with van der Waals surface area (Å²) in [6.45, 7) is 4.59. The van der Waals surface area contributed by atoms with E-state index in [4.69, 9.17) is 10.7 Å². The van der Waals surface area contributed by atoms with E-state index in [2.05, 4.69) is 0 Å². The molecule has 0 bridgehead atoms. The summed E-state index contributed by atoms with van der Waals surface area (Å²) in [5.41, 5.74) is -1.02. The van der Waals surface area contributed by atoms with Gasteiger partial charge in [-0.3, -0.25) is 4.79 Å². The van der Waals surface area contributed by atoms with Crippen LogP contribution < -0.4 is 0 Å². The average molecular weight is 338 g/mol. The highest BCUT2D eigenvalue weighted by molar-refractivity contribution is 8.13. The number of hydrogen-bond donors (Lipinski definition) is 0. The third kappa shape index (κ3) is 3.18. The van der Waals surface area contributed by atoms with Gasteiger partial charge in [0.25, 0.3) is 15.0 Å². The minimum Gasteiger partial charge on any atom is -0.338 e. The van der Waals surface area contributed by atoms with Crippen molar-refractivity contribution in [2.45, 2.75) is 25.2 Å². The molecule has 1 aromatic rings. The summed E-state index contributed by atoms with van der Waals surface area (Å²) >= 11 is 0. The van der Waals surface area contributed by atoms with Crippen molar-refractivity contribution in [3.8, 4) is 0 Å². The highest BCUT2D eigenvalue weighted by atomic mass is 35.7. The van der Waals surface area contributed by atoms with Crippen molar-refractivity contribution >= 4 is 25.6 Å². The second-order valence-corrected chi connectivity index (χ2v) is 8.35. The molecular weight excluding hydrogens is 324 g/mol. The Balaban J connectivity index is 2.47. The van der Waals surface area contributed by atoms with Gasteiger partial charge in [0, 0.05) is 23.8 Å². The fraction of sp³-hybridized carbons (Fsp3) is 0.462. The minimum atomic E-state index is -4.39. The minimum absolute atomic E-state index is 0.140. The van der Waals surface area contributed by atoms with Crippen LogP contribution in [-0.4, -0.2) is 32.3 Å². The van der Waals surface area contributed by atoms with Crippen LogP contribution in [0.3, 0.4) is 0 Å². The van der Waals surface area contributed by atoms with Gasteiger partial charge >= 0.3 is 0 Å². The molecule has 0 unspecified atom stereocenters. The normalized spacial score (nSPS) is 18.0. The van der Waals surface area contributed by atoms with Crippen molar-refractivity contribution in [3.05, 3.63) is 29.3 Å². The summed E-state index contributed by atoms with van der Waals surface area (Å²) in [6, 6.07) is 1.44. The van der Waals surface area contributed by atoms with Gasteiger partial charge in [-0.05, 0) is 24.0 Å². The van der Waals surface area contributed by atoms with Crippen molar-refractivity contribution in [1.82, 2.24) is 4.90 Å². The van der Waals surface area contributed by atoms with E-state index in [1.165, 1.54) is 4.90 Å². The number of amides is 1. The first kappa shape index (κ1) is 16.2. The standard InChI is InChI=1S/C13H14ClF2NO3S/c1-13(2)5-6-17(7-13)12(18)10-8(15)3-4-9(11(10)16)21(14,19)20/h3-4H,5-7H2,1-2H3. The van der Waals surface area contributed by atoms with Crippen LogP contribution in [0, 0.1) is 17.0 Å². The zero-order valence-corrected chi connectivity index (χ0v) is 13.1. The highest BCUT2D eigenvalue weighted by Crippen LogP contribution is 2.31. The molecule has 1 aromatic carbocycles. The molecule has 1 saturated heterocycles. The predicted molar refractivity (Wildman–Crippen MR) is 73.7 cm³/mol. The van der Waals surface area contributed by atoms with Gasteiger partial charge in [-0.25, -0.2) is 17.2 Å². The maximum atomic E-state index is 14.2. The monoisotopic (exact) mass is 337 g/mol.